The summed E-state index contributed by atoms with van der Waals surface area (Å²) in [5.41, 5.74) is 1.86. The predicted octanol–water partition coefficient (Wildman–Crippen LogP) is 4.87. The molecule has 0 unspecified atom stereocenters. The quantitative estimate of drug-likeness (QED) is 0.626. The van der Waals surface area contributed by atoms with Crippen LogP contribution in [0.1, 0.15) is 21.7 Å². The van der Waals surface area contributed by atoms with Gasteiger partial charge in [0.05, 0.1) is 0 Å². The number of carbonyl (C=O) groups excluding carboxylic acids is 1. The Kier molecular flexibility index (Phi) is 3.18. The zero-order chi connectivity index (χ0) is 14.3. The Bertz CT molecular complexity index is 803. The number of hydrogen-bond acceptors (Lipinski definition) is 2. The summed E-state index contributed by atoms with van der Waals surface area (Å²) in [5.74, 6) is -0.314. The molecule has 3 rings (SSSR count). The maximum absolute atomic E-state index is 12.9. The molecule has 0 radical (unpaired) electrons. The molecule has 0 fully saturated rings. The Hall–Kier alpha value is -1.94. The van der Waals surface area contributed by atoms with E-state index in [2.05, 4.69) is 15.9 Å². The van der Waals surface area contributed by atoms with Crippen LogP contribution in [0.4, 0.5) is 4.39 Å². The van der Waals surface area contributed by atoms with E-state index in [1.165, 1.54) is 24.3 Å². The van der Waals surface area contributed by atoms with Crippen molar-refractivity contribution in [2.75, 3.05) is 0 Å². The van der Waals surface area contributed by atoms with Gasteiger partial charge in [-0.2, -0.15) is 0 Å². The van der Waals surface area contributed by atoms with Gasteiger partial charge in [-0.05, 0) is 49.4 Å². The molecule has 0 aliphatic heterocycles. The molecule has 0 aliphatic carbocycles. The van der Waals surface area contributed by atoms with Gasteiger partial charge in [-0.15, -0.1) is 0 Å². The number of hydrogen-bond donors (Lipinski definition) is 0. The first-order valence-electron chi connectivity index (χ1n) is 6.05. The lowest BCUT2D eigenvalue weighted by Crippen LogP contribution is -2.01. The minimum atomic E-state index is -0.369. The molecule has 0 N–H and O–H groups in total. The van der Waals surface area contributed by atoms with Gasteiger partial charge in [-0.1, -0.05) is 15.9 Å². The maximum Gasteiger partial charge on any atom is 0.228 e. The van der Waals surface area contributed by atoms with Gasteiger partial charge in [0.1, 0.15) is 11.4 Å². The number of furan rings is 1. The highest BCUT2D eigenvalue weighted by Gasteiger charge is 2.19. The van der Waals surface area contributed by atoms with E-state index in [-0.39, 0.29) is 11.6 Å². The lowest BCUT2D eigenvalue weighted by molar-refractivity contribution is 0.101. The topological polar surface area (TPSA) is 30.2 Å². The Morgan fingerprint density at radius 1 is 1.15 bits per heavy atom. The van der Waals surface area contributed by atoms with E-state index in [9.17, 15) is 9.18 Å². The zero-order valence-corrected chi connectivity index (χ0v) is 12.2. The molecule has 100 valence electrons. The first-order valence-corrected chi connectivity index (χ1v) is 6.84. The third-order valence-electron chi connectivity index (χ3n) is 3.21. The lowest BCUT2D eigenvalue weighted by atomic mass is 10.0. The van der Waals surface area contributed by atoms with Gasteiger partial charge in [0, 0.05) is 21.0 Å². The third kappa shape index (κ3) is 2.16. The summed E-state index contributed by atoms with van der Waals surface area (Å²) in [4.78, 5) is 12.4. The average molecular weight is 333 g/mol. The molecule has 0 atom stereocenters. The molecule has 4 heteroatoms. The highest BCUT2D eigenvalue weighted by Crippen LogP contribution is 2.29. The number of ketones is 1. The van der Waals surface area contributed by atoms with Gasteiger partial charge >= 0.3 is 0 Å². The molecule has 2 aromatic carbocycles. The van der Waals surface area contributed by atoms with E-state index in [0.29, 0.717) is 16.9 Å². The van der Waals surface area contributed by atoms with Crippen LogP contribution in [0.3, 0.4) is 0 Å². The molecule has 1 heterocycles. The van der Waals surface area contributed by atoms with Crippen molar-refractivity contribution in [1.29, 1.82) is 0 Å². The Morgan fingerprint density at radius 2 is 1.85 bits per heavy atom. The summed E-state index contributed by atoms with van der Waals surface area (Å²) < 4.78 is 19.4. The summed E-state index contributed by atoms with van der Waals surface area (Å²) in [6, 6.07) is 11.1. The summed E-state index contributed by atoms with van der Waals surface area (Å²) in [5, 5.41) is 0.902. The first kappa shape index (κ1) is 13.1. The Balaban J connectivity index is 2.12. The van der Waals surface area contributed by atoms with Crippen LogP contribution in [0, 0.1) is 12.7 Å². The Morgan fingerprint density at radius 3 is 2.55 bits per heavy atom. The number of rotatable bonds is 2. The van der Waals surface area contributed by atoms with Gasteiger partial charge < -0.3 is 4.42 Å². The van der Waals surface area contributed by atoms with Crippen molar-refractivity contribution in [3.63, 3.8) is 0 Å². The monoisotopic (exact) mass is 332 g/mol. The maximum atomic E-state index is 12.9. The van der Waals surface area contributed by atoms with Gasteiger partial charge in [0.25, 0.3) is 0 Å². The average Bonchev–Trinajstić information content (AvgIpc) is 2.75. The predicted molar refractivity (Wildman–Crippen MR) is 78.5 cm³/mol. The normalized spacial score (nSPS) is 10.9. The van der Waals surface area contributed by atoms with E-state index < -0.39 is 0 Å². The number of fused-ring (bicyclic) bond motifs is 1. The second kappa shape index (κ2) is 4.87. The third-order valence-corrected chi connectivity index (χ3v) is 3.71. The van der Waals surface area contributed by atoms with E-state index in [1.807, 2.05) is 25.1 Å². The lowest BCUT2D eigenvalue weighted by Gasteiger charge is -1.98. The first-order chi connectivity index (χ1) is 9.56. The number of carbonyl (C=O) groups is 1. The van der Waals surface area contributed by atoms with Crippen molar-refractivity contribution in [2.45, 2.75) is 6.92 Å². The SMILES string of the molecule is Cc1c(C(=O)c2ccc(F)cc2)oc2cc(Br)ccc12. The van der Waals surface area contributed by atoms with Crippen LogP contribution in [0.2, 0.25) is 0 Å². The largest absolute Gasteiger partial charge is 0.452 e. The molecule has 0 spiro atoms. The molecular weight excluding hydrogens is 323 g/mol. The molecular formula is C16H10BrFO2. The standard InChI is InChI=1S/C16H10BrFO2/c1-9-13-7-4-11(17)8-14(13)20-16(9)15(19)10-2-5-12(18)6-3-10/h2-8H,1H3. The fourth-order valence-corrected chi connectivity index (χ4v) is 2.49. The minimum absolute atomic E-state index is 0.241. The van der Waals surface area contributed by atoms with E-state index in [1.54, 1.807) is 0 Å². The molecule has 0 saturated carbocycles. The fraction of sp³-hybridized carbons (Fsp3) is 0.0625. The van der Waals surface area contributed by atoms with Gasteiger partial charge in [0.2, 0.25) is 5.78 Å². The van der Waals surface area contributed by atoms with Crippen molar-refractivity contribution in [1.82, 2.24) is 0 Å². The highest BCUT2D eigenvalue weighted by atomic mass is 79.9. The molecule has 0 amide bonds. The van der Waals surface area contributed by atoms with E-state index in [4.69, 9.17) is 4.42 Å². The summed E-state index contributed by atoms with van der Waals surface area (Å²) in [7, 11) is 0. The number of halogens is 2. The van der Waals surface area contributed by atoms with Crippen LogP contribution in [-0.4, -0.2) is 5.78 Å². The van der Waals surface area contributed by atoms with Gasteiger partial charge in [0.15, 0.2) is 5.76 Å². The van der Waals surface area contributed by atoms with Crippen LogP contribution in [0.5, 0.6) is 0 Å². The summed E-state index contributed by atoms with van der Waals surface area (Å²) >= 11 is 3.37. The molecule has 3 aromatic rings. The highest BCUT2D eigenvalue weighted by molar-refractivity contribution is 9.10. The zero-order valence-electron chi connectivity index (χ0n) is 10.6. The summed E-state index contributed by atoms with van der Waals surface area (Å²) in [6.45, 7) is 1.84. The van der Waals surface area contributed by atoms with Crippen LogP contribution in [-0.2, 0) is 0 Å². The van der Waals surface area contributed by atoms with Crippen LogP contribution in [0.15, 0.2) is 51.4 Å². The molecule has 20 heavy (non-hydrogen) atoms. The van der Waals surface area contributed by atoms with Crippen molar-refractivity contribution in [2.24, 2.45) is 0 Å². The molecule has 0 saturated heterocycles. The smallest absolute Gasteiger partial charge is 0.228 e. The van der Waals surface area contributed by atoms with Crippen LogP contribution < -0.4 is 0 Å². The second-order valence-electron chi connectivity index (χ2n) is 4.53. The second-order valence-corrected chi connectivity index (χ2v) is 5.45. The fourth-order valence-electron chi connectivity index (χ4n) is 2.15. The number of aryl methyl sites for hydroxylation is 1. The molecule has 0 bridgehead atoms. The van der Waals surface area contributed by atoms with Crippen molar-refractivity contribution in [3.8, 4) is 0 Å². The van der Waals surface area contributed by atoms with Crippen LogP contribution in [0.25, 0.3) is 11.0 Å². The van der Waals surface area contributed by atoms with Crippen molar-refractivity contribution < 1.29 is 13.6 Å². The van der Waals surface area contributed by atoms with E-state index >= 15 is 0 Å². The van der Waals surface area contributed by atoms with Crippen molar-refractivity contribution >= 4 is 32.7 Å². The van der Waals surface area contributed by atoms with E-state index in [0.717, 1.165) is 15.4 Å². The Labute approximate surface area is 123 Å². The van der Waals surface area contributed by atoms with Gasteiger partial charge in [-0.25, -0.2) is 4.39 Å². The van der Waals surface area contributed by atoms with Crippen molar-refractivity contribution in [3.05, 3.63) is 69.6 Å². The minimum Gasteiger partial charge on any atom is -0.452 e. The molecule has 1 aromatic heterocycles. The molecule has 2 nitrogen and oxygen atoms in total. The number of benzene rings is 2. The van der Waals surface area contributed by atoms with Gasteiger partial charge in [-0.3, -0.25) is 4.79 Å². The summed E-state index contributed by atoms with van der Waals surface area (Å²) in [6.07, 6.45) is 0. The molecule has 0 aliphatic rings. The van der Waals surface area contributed by atoms with Crippen LogP contribution >= 0.6 is 15.9 Å².